The maximum absolute atomic E-state index is 12.4. The zero-order valence-corrected chi connectivity index (χ0v) is 45.1. The third-order valence-electron chi connectivity index (χ3n) is 14.0. The van der Waals surface area contributed by atoms with Crippen molar-refractivity contribution in [2.24, 2.45) is 0 Å². The fraction of sp³-hybridized carbons (Fsp3) is 0.902. The van der Waals surface area contributed by atoms with Gasteiger partial charge in [-0.15, -0.1) is 0 Å². The molecule has 0 aromatic heterocycles. The number of hydrogen-bond donors (Lipinski definition) is 3. The largest absolute Gasteiger partial charge is 0.466 e. The van der Waals surface area contributed by atoms with Crippen molar-refractivity contribution >= 4 is 11.9 Å². The van der Waals surface area contributed by atoms with Crippen molar-refractivity contribution in [2.75, 3.05) is 13.2 Å². The van der Waals surface area contributed by atoms with E-state index in [2.05, 4.69) is 31.3 Å². The van der Waals surface area contributed by atoms with Gasteiger partial charge >= 0.3 is 5.97 Å². The summed E-state index contributed by atoms with van der Waals surface area (Å²) >= 11 is 0. The summed E-state index contributed by atoms with van der Waals surface area (Å²) in [6.45, 7) is 4.90. The molecule has 6 heteroatoms. The van der Waals surface area contributed by atoms with Crippen LogP contribution in [0.15, 0.2) is 24.3 Å². The summed E-state index contributed by atoms with van der Waals surface area (Å²) in [6, 6.07) is -0.636. The summed E-state index contributed by atoms with van der Waals surface area (Å²) in [5, 5.41) is 23.1. The van der Waals surface area contributed by atoms with Crippen LogP contribution in [0.1, 0.15) is 328 Å². The second-order valence-electron chi connectivity index (χ2n) is 20.7. The molecule has 396 valence electrons. The third kappa shape index (κ3) is 53.5. The molecular weight excluding hydrogens is 827 g/mol. The van der Waals surface area contributed by atoms with Crippen molar-refractivity contribution in [3.8, 4) is 0 Å². The van der Waals surface area contributed by atoms with E-state index in [0.717, 1.165) is 57.8 Å². The van der Waals surface area contributed by atoms with Gasteiger partial charge in [0.1, 0.15) is 0 Å². The molecule has 67 heavy (non-hydrogen) atoms. The van der Waals surface area contributed by atoms with Crippen molar-refractivity contribution < 1.29 is 24.5 Å². The number of ether oxygens (including phenoxy) is 1. The predicted molar refractivity (Wildman–Crippen MR) is 292 cm³/mol. The minimum Gasteiger partial charge on any atom is -0.466 e. The van der Waals surface area contributed by atoms with Crippen LogP contribution in [0.25, 0.3) is 0 Å². The van der Waals surface area contributed by atoms with E-state index in [4.69, 9.17) is 4.74 Å². The van der Waals surface area contributed by atoms with Crippen LogP contribution >= 0.6 is 0 Å². The Bertz CT molecular complexity index is 1040. The minimum absolute atomic E-state index is 0.00221. The normalized spacial score (nSPS) is 12.7. The van der Waals surface area contributed by atoms with Crippen molar-refractivity contribution in [2.45, 2.75) is 341 Å². The van der Waals surface area contributed by atoms with Crippen LogP contribution < -0.4 is 5.32 Å². The first-order valence-electron chi connectivity index (χ1n) is 30.1. The molecule has 0 heterocycles. The molecule has 0 aliphatic rings. The number of carbonyl (C=O) groups is 2. The number of esters is 1. The average Bonchev–Trinajstić information content (AvgIpc) is 3.33. The molecule has 0 aliphatic carbocycles. The van der Waals surface area contributed by atoms with Gasteiger partial charge < -0.3 is 20.3 Å². The second-order valence-corrected chi connectivity index (χ2v) is 20.7. The Hall–Kier alpha value is -1.66. The van der Waals surface area contributed by atoms with Crippen LogP contribution in [0, 0.1) is 0 Å². The van der Waals surface area contributed by atoms with Gasteiger partial charge in [-0.1, -0.05) is 282 Å². The highest BCUT2D eigenvalue weighted by atomic mass is 16.5. The highest BCUT2D eigenvalue weighted by Gasteiger charge is 2.18. The van der Waals surface area contributed by atoms with Gasteiger partial charge in [0.15, 0.2) is 0 Å². The Balaban J connectivity index is 3.44. The lowest BCUT2D eigenvalue weighted by Gasteiger charge is -2.20. The van der Waals surface area contributed by atoms with Crippen molar-refractivity contribution in [3.63, 3.8) is 0 Å². The Morgan fingerprint density at radius 3 is 1.06 bits per heavy atom. The molecule has 0 aromatic rings. The zero-order valence-electron chi connectivity index (χ0n) is 45.1. The number of allylic oxidation sites excluding steroid dienone is 3. The Kier molecular flexibility index (Phi) is 55.5. The first-order valence-corrected chi connectivity index (χ1v) is 30.1. The summed E-state index contributed by atoms with van der Waals surface area (Å²) in [5.41, 5.74) is 0. The molecular formula is C61H117NO5. The van der Waals surface area contributed by atoms with Gasteiger partial charge in [-0.2, -0.15) is 0 Å². The Morgan fingerprint density at radius 1 is 0.403 bits per heavy atom. The van der Waals surface area contributed by atoms with E-state index in [9.17, 15) is 19.8 Å². The molecule has 0 spiro atoms. The molecule has 2 atom stereocenters. The number of nitrogens with one attached hydrogen (secondary N) is 1. The van der Waals surface area contributed by atoms with Crippen LogP contribution in [0.4, 0.5) is 0 Å². The summed E-state index contributed by atoms with van der Waals surface area (Å²) in [4.78, 5) is 24.5. The fourth-order valence-corrected chi connectivity index (χ4v) is 9.34. The molecule has 1 amide bonds. The van der Waals surface area contributed by atoms with Crippen molar-refractivity contribution in [1.29, 1.82) is 0 Å². The van der Waals surface area contributed by atoms with E-state index in [1.165, 1.54) is 244 Å². The maximum atomic E-state index is 12.4. The molecule has 0 bridgehead atoms. The van der Waals surface area contributed by atoms with Crippen LogP contribution in [0.3, 0.4) is 0 Å². The molecule has 2 unspecified atom stereocenters. The Labute approximate surface area is 418 Å². The van der Waals surface area contributed by atoms with Gasteiger partial charge in [-0.05, 0) is 57.8 Å². The first kappa shape index (κ1) is 65.3. The molecule has 0 fully saturated rings. The van der Waals surface area contributed by atoms with E-state index < -0.39 is 12.1 Å². The van der Waals surface area contributed by atoms with Crippen LogP contribution in [-0.2, 0) is 14.3 Å². The number of rotatable bonds is 56. The highest BCUT2D eigenvalue weighted by molar-refractivity contribution is 5.76. The van der Waals surface area contributed by atoms with E-state index >= 15 is 0 Å². The SMILES string of the molecule is CCCCCCCCCCCCCC/C=C/C(O)C(CO)NC(=O)CCCCCCCCC/C=C\CCCCCCCCOC(=O)CCCCCCCCCCCCCCCCCCCCC. The fourth-order valence-electron chi connectivity index (χ4n) is 9.34. The number of amides is 1. The summed E-state index contributed by atoms with van der Waals surface area (Å²) in [5.74, 6) is -0.0767. The Morgan fingerprint density at radius 2 is 0.701 bits per heavy atom. The lowest BCUT2D eigenvalue weighted by atomic mass is 10.0. The van der Waals surface area contributed by atoms with Gasteiger partial charge in [0, 0.05) is 12.8 Å². The number of unbranched alkanes of at least 4 members (excludes halogenated alkanes) is 43. The highest BCUT2D eigenvalue weighted by Crippen LogP contribution is 2.17. The molecule has 0 aliphatic heterocycles. The summed E-state index contributed by atoms with van der Waals surface area (Å²) < 4.78 is 5.49. The number of aliphatic hydroxyl groups is 2. The lowest BCUT2D eigenvalue weighted by molar-refractivity contribution is -0.143. The average molecular weight is 945 g/mol. The van der Waals surface area contributed by atoms with E-state index in [1.807, 2.05) is 6.08 Å². The summed E-state index contributed by atoms with van der Waals surface area (Å²) in [7, 11) is 0. The molecule has 0 aromatic carbocycles. The molecule has 0 saturated carbocycles. The topological polar surface area (TPSA) is 95.9 Å². The lowest BCUT2D eigenvalue weighted by Crippen LogP contribution is -2.45. The van der Waals surface area contributed by atoms with Crippen LogP contribution in [-0.4, -0.2) is 47.4 Å². The maximum Gasteiger partial charge on any atom is 0.305 e. The zero-order chi connectivity index (χ0) is 48.6. The first-order chi connectivity index (χ1) is 33.0. The molecule has 0 radical (unpaired) electrons. The standard InChI is InChI=1S/C61H117NO5/c1-3-5-7-9-11-13-15-17-19-20-21-24-27-31-35-39-43-47-51-55-61(66)67-56-52-48-44-40-36-32-28-25-22-23-26-30-34-38-42-46-50-54-60(65)62-58(57-63)59(64)53-49-45-41-37-33-29-18-16-14-12-10-8-6-4-2/h22,25,49,53,58-59,63-64H,3-21,23-24,26-48,50-52,54-57H2,1-2H3,(H,62,65)/b25-22-,53-49+. The number of aliphatic hydroxyl groups excluding tert-OH is 2. The van der Waals surface area contributed by atoms with E-state index in [0.29, 0.717) is 19.4 Å². The number of hydrogen-bond acceptors (Lipinski definition) is 5. The third-order valence-corrected chi connectivity index (χ3v) is 14.0. The van der Waals surface area contributed by atoms with Crippen LogP contribution in [0.5, 0.6) is 0 Å². The second kappa shape index (κ2) is 56.9. The summed E-state index contributed by atoms with van der Waals surface area (Å²) in [6.07, 6.45) is 69.2. The van der Waals surface area contributed by atoms with Gasteiger partial charge in [-0.25, -0.2) is 0 Å². The van der Waals surface area contributed by atoms with Gasteiger partial charge in [0.2, 0.25) is 5.91 Å². The molecule has 3 N–H and O–H groups in total. The predicted octanol–water partition coefficient (Wildman–Crippen LogP) is 18.6. The van der Waals surface area contributed by atoms with Gasteiger partial charge in [0.05, 0.1) is 25.4 Å². The molecule has 6 nitrogen and oxygen atoms in total. The van der Waals surface area contributed by atoms with Gasteiger partial charge in [0.25, 0.3) is 0 Å². The van der Waals surface area contributed by atoms with Crippen molar-refractivity contribution in [3.05, 3.63) is 24.3 Å². The molecule has 0 saturated heterocycles. The smallest absolute Gasteiger partial charge is 0.305 e. The monoisotopic (exact) mass is 944 g/mol. The van der Waals surface area contributed by atoms with E-state index in [-0.39, 0.29) is 18.5 Å². The van der Waals surface area contributed by atoms with Gasteiger partial charge in [-0.3, -0.25) is 9.59 Å². The van der Waals surface area contributed by atoms with Crippen molar-refractivity contribution in [1.82, 2.24) is 5.32 Å². The van der Waals surface area contributed by atoms with E-state index in [1.54, 1.807) is 6.08 Å². The minimum atomic E-state index is -0.851. The quantitative estimate of drug-likeness (QED) is 0.0321. The molecule has 0 rings (SSSR count). The van der Waals surface area contributed by atoms with Crippen LogP contribution in [0.2, 0.25) is 0 Å². The number of carbonyl (C=O) groups excluding carboxylic acids is 2.